The third kappa shape index (κ3) is 2.69. The highest BCUT2D eigenvalue weighted by molar-refractivity contribution is 5.99. The molecule has 1 saturated heterocycles. The largest absolute Gasteiger partial charge is 0.335 e. The fourth-order valence-electron chi connectivity index (χ4n) is 2.44. The lowest BCUT2D eigenvalue weighted by Gasteiger charge is -2.42. The Bertz CT molecular complexity index is 452. The minimum Gasteiger partial charge on any atom is -0.335 e. The number of hydrogen-bond acceptors (Lipinski definition) is 5. The van der Waals surface area contributed by atoms with Gasteiger partial charge in [-0.15, -0.1) is 0 Å². The van der Waals surface area contributed by atoms with Gasteiger partial charge in [-0.05, 0) is 27.0 Å². The summed E-state index contributed by atoms with van der Waals surface area (Å²) in [6, 6.07) is 2.40. The molecule has 2 unspecified atom stereocenters. The number of hydrogen-bond donors (Lipinski definition) is 2. The molecule has 1 amide bonds. The molecule has 1 fully saturated rings. The van der Waals surface area contributed by atoms with Gasteiger partial charge in [0.05, 0.1) is 17.4 Å². The van der Waals surface area contributed by atoms with E-state index in [-0.39, 0.29) is 5.91 Å². The van der Waals surface area contributed by atoms with Crippen molar-refractivity contribution < 1.29 is 4.79 Å². The third-order valence-corrected chi connectivity index (χ3v) is 3.85. The van der Waals surface area contributed by atoms with E-state index in [1.165, 1.54) is 0 Å². The molecule has 6 heteroatoms. The van der Waals surface area contributed by atoms with Gasteiger partial charge in [0.2, 0.25) is 0 Å². The van der Waals surface area contributed by atoms with Crippen LogP contribution in [0.5, 0.6) is 0 Å². The average Bonchev–Trinajstić information content (AvgIpc) is 2.43. The van der Waals surface area contributed by atoms with E-state index < -0.39 is 0 Å². The number of pyridine rings is 1. The molecule has 1 aromatic rings. The van der Waals surface area contributed by atoms with Crippen LogP contribution >= 0.6 is 0 Å². The Hall–Kier alpha value is -1.66. The topological polar surface area (TPSA) is 74.5 Å². The summed E-state index contributed by atoms with van der Waals surface area (Å²) in [6.07, 6.45) is 3.17. The van der Waals surface area contributed by atoms with Crippen LogP contribution in [0, 0.1) is 0 Å². The third-order valence-electron chi connectivity index (χ3n) is 3.85. The van der Waals surface area contributed by atoms with Gasteiger partial charge in [-0.1, -0.05) is 0 Å². The van der Waals surface area contributed by atoms with Gasteiger partial charge in [0.25, 0.3) is 5.91 Å². The smallest absolute Gasteiger partial charge is 0.256 e. The van der Waals surface area contributed by atoms with Crippen LogP contribution in [0.3, 0.4) is 0 Å². The van der Waals surface area contributed by atoms with Crippen LogP contribution in [0.1, 0.15) is 24.2 Å². The fourth-order valence-corrected chi connectivity index (χ4v) is 2.44. The van der Waals surface area contributed by atoms with Crippen LogP contribution < -0.4 is 11.3 Å². The first-order valence-electron chi connectivity index (χ1n) is 6.46. The van der Waals surface area contributed by atoms with Gasteiger partial charge in [-0.3, -0.25) is 20.5 Å². The number of hydrazine groups is 1. The van der Waals surface area contributed by atoms with Crippen molar-refractivity contribution in [2.75, 3.05) is 25.6 Å². The van der Waals surface area contributed by atoms with Crippen LogP contribution in [0.2, 0.25) is 0 Å². The molecule has 0 aliphatic carbocycles. The summed E-state index contributed by atoms with van der Waals surface area (Å²) in [5.41, 5.74) is 3.66. The van der Waals surface area contributed by atoms with Gasteiger partial charge >= 0.3 is 0 Å². The summed E-state index contributed by atoms with van der Waals surface area (Å²) >= 11 is 0. The Labute approximate surface area is 113 Å². The van der Waals surface area contributed by atoms with E-state index in [4.69, 9.17) is 5.84 Å². The van der Waals surface area contributed by atoms with Crippen molar-refractivity contribution in [2.45, 2.75) is 25.9 Å². The summed E-state index contributed by atoms with van der Waals surface area (Å²) in [5, 5.41) is 0. The summed E-state index contributed by atoms with van der Waals surface area (Å²) in [4.78, 5) is 20.7. The number of piperazine rings is 1. The standard InChI is InChI=1S/C13H21N5O/c1-9-7-18(8-10(2)17(9)3)13(19)11-4-5-15-6-12(11)16-14/h4-6,9-10,16H,7-8,14H2,1-3H3. The van der Waals surface area contributed by atoms with E-state index in [2.05, 4.69) is 36.2 Å². The molecular formula is C13H21N5O. The second kappa shape index (κ2) is 5.54. The van der Waals surface area contributed by atoms with E-state index in [1.807, 2.05) is 4.90 Å². The van der Waals surface area contributed by atoms with Gasteiger partial charge in [0.15, 0.2) is 0 Å². The highest BCUT2D eigenvalue weighted by Gasteiger charge is 2.30. The van der Waals surface area contributed by atoms with Crippen molar-refractivity contribution in [1.82, 2.24) is 14.8 Å². The van der Waals surface area contributed by atoms with Crippen LogP contribution in [0.4, 0.5) is 5.69 Å². The minimum absolute atomic E-state index is 0.00199. The second-order valence-electron chi connectivity index (χ2n) is 5.14. The van der Waals surface area contributed by atoms with Crippen molar-refractivity contribution in [2.24, 2.45) is 5.84 Å². The molecule has 3 N–H and O–H groups in total. The Kier molecular flexibility index (Phi) is 4.01. The molecule has 0 saturated carbocycles. The first-order chi connectivity index (χ1) is 9.04. The van der Waals surface area contributed by atoms with Crippen molar-refractivity contribution in [3.8, 4) is 0 Å². The molecule has 0 bridgehead atoms. The number of nitrogen functional groups attached to an aromatic ring is 1. The molecule has 1 aromatic heterocycles. The number of nitrogens with two attached hydrogens (primary N) is 1. The van der Waals surface area contributed by atoms with Gasteiger partial charge in [-0.2, -0.15) is 0 Å². The van der Waals surface area contributed by atoms with Crippen molar-refractivity contribution >= 4 is 11.6 Å². The Morgan fingerprint density at radius 3 is 2.63 bits per heavy atom. The number of rotatable bonds is 2. The predicted octanol–water partition coefficient (Wildman–Crippen LogP) is 0.532. The molecule has 0 radical (unpaired) electrons. The quantitative estimate of drug-likeness (QED) is 0.601. The zero-order valence-electron chi connectivity index (χ0n) is 11.6. The van der Waals surface area contributed by atoms with E-state index in [9.17, 15) is 4.79 Å². The maximum Gasteiger partial charge on any atom is 0.256 e. The van der Waals surface area contributed by atoms with E-state index in [1.54, 1.807) is 18.5 Å². The summed E-state index contributed by atoms with van der Waals surface area (Å²) in [7, 11) is 2.09. The van der Waals surface area contributed by atoms with Crippen LogP contribution in [0.25, 0.3) is 0 Å². The number of likely N-dealkylation sites (N-methyl/N-ethyl adjacent to an activating group) is 1. The van der Waals surface area contributed by atoms with Gasteiger partial charge < -0.3 is 10.3 Å². The number of amides is 1. The molecular weight excluding hydrogens is 242 g/mol. The fraction of sp³-hybridized carbons (Fsp3) is 0.538. The molecule has 2 rings (SSSR count). The lowest BCUT2D eigenvalue weighted by Crippen LogP contribution is -2.56. The molecule has 1 aliphatic heterocycles. The number of aromatic nitrogens is 1. The summed E-state index contributed by atoms with van der Waals surface area (Å²) < 4.78 is 0. The molecule has 2 heterocycles. The minimum atomic E-state index is 0.00199. The molecule has 19 heavy (non-hydrogen) atoms. The first-order valence-corrected chi connectivity index (χ1v) is 6.46. The maximum absolute atomic E-state index is 12.6. The summed E-state index contributed by atoms with van der Waals surface area (Å²) in [6.45, 7) is 5.72. The molecule has 1 aliphatic rings. The Morgan fingerprint density at radius 2 is 2.05 bits per heavy atom. The maximum atomic E-state index is 12.6. The van der Waals surface area contributed by atoms with Crippen LogP contribution in [-0.2, 0) is 0 Å². The predicted molar refractivity (Wildman–Crippen MR) is 74.6 cm³/mol. The van der Waals surface area contributed by atoms with Gasteiger partial charge in [0, 0.05) is 31.4 Å². The van der Waals surface area contributed by atoms with Crippen LogP contribution in [-0.4, -0.2) is 52.9 Å². The molecule has 0 spiro atoms. The van der Waals surface area contributed by atoms with Crippen molar-refractivity contribution in [3.05, 3.63) is 24.0 Å². The lowest BCUT2D eigenvalue weighted by molar-refractivity contribution is 0.0415. The van der Waals surface area contributed by atoms with E-state index >= 15 is 0 Å². The van der Waals surface area contributed by atoms with Crippen LogP contribution in [0.15, 0.2) is 18.5 Å². The van der Waals surface area contributed by atoms with Gasteiger partial charge in [-0.25, -0.2) is 0 Å². The highest BCUT2D eigenvalue weighted by Crippen LogP contribution is 2.19. The highest BCUT2D eigenvalue weighted by atomic mass is 16.2. The zero-order valence-corrected chi connectivity index (χ0v) is 11.6. The second-order valence-corrected chi connectivity index (χ2v) is 5.14. The Morgan fingerprint density at radius 1 is 1.42 bits per heavy atom. The zero-order chi connectivity index (χ0) is 14.0. The Balaban J connectivity index is 2.20. The molecule has 2 atom stereocenters. The van der Waals surface area contributed by atoms with E-state index in [0.717, 1.165) is 13.1 Å². The molecule has 6 nitrogen and oxygen atoms in total. The van der Waals surface area contributed by atoms with E-state index in [0.29, 0.717) is 23.3 Å². The number of anilines is 1. The number of carbonyl (C=O) groups excluding carboxylic acids is 1. The monoisotopic (exact) mass is 263 g/mol. The number of nitrogens with zero attached hydrogens (tertiary/aromatic N) is 3. The molecule has 104 valence electrons. The van der Waals surface area contributed by atoms with Crippen molar-refractivity contribution in [1.29, 1.82) is 0 Å². The van der Waals surface area contributed by atoms with Gasteiger partial charge in [0.1, 0.15) is 0 Å². The summed E-state index contributed by atoms with van der Waals surface area (Å²) in [5.74, 6) is 5.43. The normalized spacial score (nSPS) is 24.3. The first kappa shape index (κ1) is 13.8. The molecule has 0 aromatic carbocycles. The van der Waals surface area contributed by atoms with Crippen molar-refractivity contribution in [3.63, 3.8) is 0 Å². The SMILES string of the molecule is CC1CN(C(=O)c2ccncc2NN)CC(C)N1C. The number of carbonyl (C=O) groups is 1. The average molecular weight is 263 g/mol. The lowest BCUT2D eigenvalue weighted by atomic mass is 10.1. The number of nitrogens with one attached hydrogen (secondary N) is 1.